The van der Waals surface area contributed by atoms with Crippen LogP contribution in [0.5, 0.6) is 5.75 Å². The Morgan fingerprint density at radius 3 is 2.35 bits per heavy atom. The molecule has 0 aliphatic heterocycles. The Bertz CT molecular complexity index is 344. The quantitative estimate of drug-likeness (QED) is 0.690. The van der Waals surface area contributed by atoms with Crippen molar-refractivity contribution in [3.05, 3.63) is 42.5 Å². The van der Waals surface area contributed by atoms with Crippen molar-refractivity contribution in [3.8, 4) is 5.75 Å². The molecule has 0 atom stereocenters. The summed E-state index contributed by atoms with van der Waals surface area (Å²) >= 11 is 0. The van der Waals surface area contributed by atoms with Crippen LogP contribution in [-0.4, -0.2) is 6.61 Å². The van der Waals surface area contributed by atoms with E-state index in [1.54, 1.807) is 0 Å². The third kappa shape index (κ3) is 3.12. The molecule has 1 aromatic carbocycles. The molecule has 0 unspecified atom stereocenters. The molecule has 92 valence electrons. The maximum Gasteiger partial charge on any atom is 0.119 e. The molecule has 1 saturated carbocycles. The van der Waals surface area contributed by atoms with Gasteiger partial charge in [-0.1, -0.05) is 18.2 Å². The summed E-state index contributed by atoms with van der Waals surface area (Å²) in [5.41, 5.74) is 1.47. The van der Waals surface area contributed by atoms with Crippen molar-refractivity contribution in [3.63, 3.8) is 0 Å². The lowest BCUT2D eigenvalue weighted by Crippen LogP contribution is -2.11. The summed E-state index contributed by atoms with van der Waals surface area (Å²) in [6.07, 6.45) is 7.30. The molecule has 1 nitrogen and oxygen atoms in total. The van der Waals surface area contributed by atoms with Crippen molar-refractivity contribution < 1.29 is 4.74 Å². The highest BCUT2D eigenvalue weighted by atomic mass is 16.5. The minimum atomic E-state index is 0.738. The van der Waals surface area contributed by atoms with Gasteiger partial charge in [0, 0.05) is 0 Å². The summed E-state index contributed by atoms with van der Waals surface area (Å²) in [6, 6.07) is 8.64. The molecule has 0 radical (unpaired) electrons. The Labute approximate surface area is 104 Å². The monoisotopic (exact) mass is 230 g/mol. The zero-order valence-corrected chi connectivity index (χ0v) is 10.7. The van der Waals surface area contributed by atoms with Crippen molar-refractivity contribution in [2.75, 3.05) is 6.61 Å². The van der Waals surface area contributed by atoms with Gasteiger partial charge in [0.05, 0.1) is 6.61 Å². The summed E-state index contributed by atoms with van der Waals surface area (Å²) in [4.78, 5) is 0. The van der Waals surface area contributed by atoms with Gasteiger partial charge in [0.15, 0.2) is 0 Å². The minimum Gasteiger partial charge on any atom is -0.494 e. The molecule has 1 aromatic rings. The number of benzene rings is 1. The van der Waals surface area contributed by atoms with Gasteiger partial charge in [0.2, 0.25) is 0 Å². The predicted molar refractivity (Wildman–Crippen MR) is 72.5 cm³/mol. The Balaban J connectivity index is 1.96. The number of rotatable bonds is 4. The molecule has 1 aliphatic rings. The van der Waals surface area contributed by atoms with Crippen molar-refractivity contribution >= 4 is 0 Å². The average Bonchev–Trinajstić information content (AvgIpc) is 2.40. The summed E-state index contributed by atoms with van der Waals surface area (Å²) in [5.74, 6) is 2.46. The molecule has 0 bridgehead atoms. The minimum absolute atomic E-state index is 0.738. The molecule has 2 rings (SSSR count). The fourth-order valence-corrected chi connectivity index (χ4v) is 2.69. The molecule has 0 saturated heterocycles. The maximum absolute atomic E-state index is 5.47. The van der Waals surface area contributed by atoms with E-state index < -0.39 is 0 Å². The number of allylic oxidation sites excluding steroid dienone is 1. The SMILES string of the molecule is C=CC1CCC(c2ccc(OCC)cc2)CC1. The number of hydrogen-bond acceptors (Lipinski definition) is 1. The first-order chi connectivity index (χ1) is 8.33. The highest BCUT2D eigenvalue weighted by molar-refractivity contribution is 5.29. The lowest BCUT2D eigenvalue weighted by atomic mass is 9.79. The molecule has 0 spiro atoms. The summed E-state index contributed by atoms with van der Waals surface area (Å²) in [6.45, 7) is 6.66. The molecule has 1 aliphatic carbocycles. The molecule has 1 fully saturated rings. The van der Waals surface area contributed by atoms with Crippen LogP contribution >= 0.6 is 0 Å². The van der Waals surface area contributed by atoms with E-state index in [-0.39, 0.29) is 0 Å². The van der Waals surface area contributed by atoms with Gasteiger partial charge in [-0.05, 0) is 62.1 Å². The van der Waals surface area contributed by atoms with Crippen LogP contribution in [-0.2, 0) is 0 Å². The Morgan fingerprint density at radius 1 is 1.18 bits per heavy atom. The van der Waals surface area contributed by atoms with Gasteiger partial charge in [-0.15, -0.1) is 6.58 Å². The molecule has 0 N–H and O–H groups in total. The third-order valence-electron chi connectivity index (χ3n) is 3.77. The number of ether oxygens (including phenoxy) is 1. The van der Waals surface area contributed by atoms with E-state index in [4.69, 9.17) is 4.74 Å². The second-order valence-corrected chi connectivity index (χ2v) is 4.85. The fraction of sp³-hybridized carbons (Fsp3) is 0.500. The summed E-state index contributed by atoms with van der Waals surface area (Å²) < 4.78 is 5.47. The zero-order chi connectivity index (χ0) is 12.1. The normalized spacial score (nSPS) is 24.3. The first kappa shape index (κ1) is 12.2. The van der Waals surface area contributed by atoms with Gasteiger partial charge < -0.3 is 4.74 Å². The molecule has 0 amide bonds. The van der Waals surface area contributed by atoms with Crippen LogP contribution in [0, 0.1) is 5.92 Å². The van der Waals surface area contributed by atoms with E-state index in [0.717, 1.165) is 24.2 Å². The van der Waals surface area contributed by atoms with Crippen molar-refractivity contribution in [2.24, 2.45) is 5.92 Å². The van der Waals surface area contributed by atoms with Gasteiger partial charge in [-0.3, -0.25) is 0 Å². The third-order valence-corrected chi connectivity index (χ3v) is 3.77. The molecule has 17 heavy (non-hydrogen) atoms. The van der Waals surface area contributed by atoms with E-state index in [0.29, 0.717) is 0 Å². The Kier molecular flexibility index (Phi) is 4.24. The highest BCUT2D eigenvalue weighted by Crippen LogP contribution is 2.36. The van der Waals surface area contributed by atoms with Crippen LogP contribution in [0.15, 0.2) is 36.9 Å². The second kappa shape index (κ2) is 5.90. The van der Waals surface area contributed by atoms with Gasteiger partial charge in [-0.25, -0.2) is 0 Å². The molecular weight excluding hydrogens is 208 g/mol. The zero-order valence-electron chi connectivity index (χ0n) is 10.7. The molecule has 0 heterocycles. The number of hydrogen-bond donors (Lipinski definition) is 0. The van der Waals surface area contributed by atoms with Gasteiger partial charge in [-0.2, -0.15) is 0 Å². The Hall–Kier alpha value is -1.24. The molecule has 0 aromatic heterocycles. The topological polar surface area (TPSA) is 9.23 Å². The lowest BCUT2D eigenvalue weighted by Gasteiger charge is -2.27. The van der Waals surface area contributed by atoms with E-state index >= 15 is 0 Å². The summed E-state index contributed by atoms with van der Waals surface area (Å²) in [5, 5.41) is 0. The van der Waals surface area contributed by atoms with Crippen LogP contribution in [0.1, 0.15) is 44.1 Å². The van der Waals surface area contributed by atoms with Gasteiger partial charge in [0.1, 0.15) is 5.75 Å². The van der Waals surface area contributed by atoms with Crippen molar-refractivity contribution in [1.29, 1.82) is 0 Å². The van der Waals surface area contributed by atoms with Crippen LogP contribution in [0.25, 0.3) is 0 Å². The van der Waals surface area contributed by atoms with E-state index in [1.165, 1.54) is 31.2 Å². The molecule has 1 heteroatoms. The van der Waals surface area contributed by atoms with Crippen LogP contribution in [0.4, 0.5) is 0 Å². The largest absolute Gasteiger partial charge is 0.494 e. The van der Waals surface area contributed by atoms with Crippen molar-refractivity contribution in [2.45, 2.75) is 38.5 Å². The standard InChI is InChI=1S/C16H22O/c1-3-13-5-7-14(8-6-13)15-9-11-16(12-10-15)17-4-2/h3,9-14H,1,4-8H2,2H3. The average molecular weight is 230 g/mol. The van der Waals surface area contributed by atoms with E-state index in [1.807, 2.05) is 6.92 Å². The molecular formula is C16H22O. The first-order valence-corrected chi connectivity index (χ1v) is 6.68. The Morgan fingerprint density at radius 2 is 1.82 bits per heavy atom. The smallest absolute Gasteiger partial charge is 0.119 e. The summed E-state index contributed by atoms with van der Waals surface area (Å²) in [7, 11) is 0. The van der Waals surface area contributed by atoms with Crippen LogP contribution in [0.2, 0.25) is 0 Å². The van der Waals surface area contributed by atoms with E-state index in [9.17, 15) is 0 Å². The van der Waals surface area contributed by atoms with Crippen LogP contribution in [0.3, 0.4) is 0 Å². The van der Waals surface area contributed by atoms with E-state index in [2.05, 4.69) is 36.9 Å². The fourth-order valence-electron chi connectivity index (χ4n) is 2.69. The van der Waals surface area contributed by atoms with Crippen LogP contribution < -0.4 is 4.74 Å². The second-order valence-electron chi connectivity index (χ2n) is 4.85. The lowest BCUT2D eigenvalue weighted by molar-refractivity contribution is 0.339. The first-order valence-electron chi connectivity index (χ1n) is 6.68. The predicted octanol–water partition coefficient (Wildman–Crippen LogP) is 4.55. The van der Waals surface area contributed by atoms with Crippen molar-refractivity contribution in [1.82, 2.24) is 0 Å². The van der Waals surface area contributed by atoms with Gasteiger partial charge >= 0.3 is 0 Å². The highest BCUT2D eigenvalue weighted by Gasteiger charge is 2.20. The van der Waals surface area contributed by atoms with Gasteiger partial charge in [0.25, 0.3) is 0 Å². The maximum atomic E-state index is 5.47.